The van der Waals surface area contributed by atoms with Crippen molar-refractivity contribution in [1.29, 1.82) is 0 Å². The lowest BCUT2D eigenvalue weighted by atomic mass is 10.0. The second-order valence-electron chi connectivity index (χ2n) is 6.86. The summed E-state index contributed by atoms with van der Waals surface area (Å²) in [6.07, 6.45) is -0.452. The molecule has 0 bridgehead atoms. The van der Waals surface area contributed by atoms with Crippen LogP contribution in [0.3, 0.4) is 0 Å². The second-order valence-corrected chi connectivity index (χ2v) is 7.89. The summed E-state index contributed by atoms with van der Waals surface area (Å²) < 4.78 is 0. The maximum Gasteiger partial charge on any atom is 0.303 e. The van der Waals surface area contributed by atoms with Crippen molar-refractivity contribution in [2.45, 2.75) is 46.6 Å². The van der Waals surface area contributed by atoms with E-state index in [1.807, 2.05) is 0 Å². The Morgan fingerprint density at radius 3 is 2.16 bits per heavy atom. The van der Waals surface area contributed by atoms with Gasteiger partial charge in [-0.1, -0.05) is 20.8 Å². The molecule has 144 valence electrons. The van der Waals surface area contributed by atoms with Gasteiger partial charge in [-0.05, 0) is 11.2 Å². The Bertz CT molecular complexity index is 477. The highest BCUT2D eigenvalue weighted by Gasteiger charge is 2.22. The molecule has 0 heterocycles. The highest BCUT2D eigenvalue weighted by atomic mass is 32.2. The summed E-state index contributed by atoms with van der Waals surface area (Å²) in [7, 11) is 0. The van der Waals surface area contributed by atoms with Gasteiger partial charge in [-0.25, -0.2) is 0 Å². The first-order chi connectivity index (χ1) is 11.5. The number of aliphatic carboxylic acids is 1. The summed E-state index contributed by atoms with van der Waals surface area (Å²) in [6.45, 7) is 8.17. The van der Waals surface area contributed by atoms with Crippen LogP contribution in [0.2, 0.25) is 0 Å². The average Bonchev–Trinajstić information content (AvgIpc) is 2.46. The number of nitrogens with one attached hydrogen (secondary N) is 3. The molecule has 4 N–H and O–H groups in total. The highest BCUT2D eigenvalue weighted by Crippen LogP contribution is 2.20. The van der Waals surface area contributed by atoms with Gasteiger partial charge in [0.2, 0.25) is 17.7 Å². The molecule has 0 rings (SSSR count). The molecular formula is C16H29N3O5S. The largest absolute Gasteiger partial charge is 0.481 e. The minimum absolute atomic E-state index is 0.0877. The summed E-state index contributed by atoms with van der Waals surface area (Å²) in [4.78, 5) is 45.4. The molecule has 0 radical (unpaired) electrons. The van der Waals surface area contributed by atoms with Gasteiger partial charge in [-0.2, -0.15) is 11.8 Å². The van der Waals surface area contributed by atoms with E-state index in [9.17, 15) is 19.2 Å². The van der Waals surface area contributed by atoms with Gasteiger partial charge in [-0.3, -0.25) is 19.2 Å². The quantitative estimate of drug-likeness (QED) is 0.387. The van der Waals surface area contributed by atoms with Crippen LogP contribution in [0, 0.1) is 5.41 Å². The van der Waals surface area contributed by atoms with Crippen LogP contribution in [0.1, 0.15) is 40.5 Å². The third-order valence-corrected chi connectivity index (χ3v) is 4.47. The van der Waals surface area contributed by atoms with Crippen molar-refractivity contribution in [3.63, 3.8) is 0 Å². The zero-order chi connectivity index (χ0) is 19.5. The topological polar surface area (TPSA) is 125 Å². The molecule has 0 aromatic heterocycles. The summed E-state index contributed by atoms with van der Waals surface area (Å²) in [6, 6.07) is -0.744. The van der Waals surface area contributed by atoms with Crippen LogP contribution >= 0.6 is 11.8 Å². The van der Waals surface area contributed by atoms with Crippen molar-refractivity contribution in [2.75, 3.05) is 24.6 Å². The minimum atomic E-state index is -1.06. The maximum atomic E-state index is 12.2. The number of amides is 3. The normalized spacial score (nSPS) is 12.2. The van der Waals surface area contributed by atoms with E-state index in [1.54, 1.807) is 11.8 Å². The molecule has 0 aliphatic rings. The van der Waals surface area contributed by atoms with Crippen molar-refractivity contribution in [1.82, 2.24) is 16.0 Å². The first-order valence-corrected chi connectivity index (χ1v) is 9.28. The van der Waals surface area contributed by atoms with Crippen molar-refractivity contribution in [2.24, 2.45) is 5.41 Å². The van der Waals surface area contributed by atoms with E-state index >= 15 is 0 Å². The Labute approximate surface area is 152 Å². The number of thioether (sulfide) groups is 1. The molecule has 9 heteroatoms. The van der Waals surface area contributed by atoms with Gasteiger partial charge in [-0.15, -0.1) is 0 Å². The number of carboxylic acid groups (broad SMARTS) is 1. The van der Waals surface area contributed by atoms with Gasteiger partial charge in [0, 0.05) is 32.2 Å². The second kappa shape index (κ2) is 11.7. The van der Waals surface area contributed by atoms with Gasteiger partial charge >= 0.3 is 5.97 Å². The number of hydrogen-bond acceptors (Lipinski definition) is 5. The van der Waals surface area contributed by atoms with Crippen LogP contribution in [0.4, 0.5) is 0 Å². The standard InChI is InChI=1S/C16H29N3O5S/c1-11(20)17-7-8-18-15(24)12(9-25-10-16(2,3)4)19-13(21)5-6-14(22)23/h12H,5-10H2,1-4H3,(H,17,20)(H,18,24)(H,19,21)(H,22,23)/t12-/m0/s1. The van der Waals surface area contributed by atoms with E-state index in [0.29, 0.717) is 12.3 Å². The molecule has 1 atom stereocenters. The lowest BCUT2D eigenvalue weighted by molar-refractivity contribution is -0.139. The molecule has 0 fully saturated rings. The molecule has 0 unspecified atom stereocenters. The van der Waals surface area contributed by atoms with Gasteiger partial charge in [0.25, 0.3) is 0 Å². The number of carboxylic acids is 1. The molecule has 0 aromatic rings. The molecule has 8 nitrogen and oxygen atoms in total. The first-order valence-electron chi connectivity index (χ1n) is 8.12. The average molecular weight is 375 g/mol. The molecule has 25 heavy (non-hydrogen) atoms. The Morgan fingerprint density at radius 2 is 1.64 bits per heavy atom. The van der Waals surface area contributed by atoms with E-state index in [2.05, 4.69) is 36.7 Å². The molecular weight excluding hydrogens is 346 g/mol. The van der Waals surface area contributed by atoms with E-state index in [0.717, 1.165) is 5.75 Å². The molecule has 3 amide bonds. The van der Waals surface area contributed by atoms with Gasteiger partial charge in [0.1, 0.15) is 6.04 Å². The Hall–Kier alpha value is -1.77. The number of hydrogen-bond donors (Lipinski definition) is 4. The van der Waals surface area contributed by atoms with Crippen LogP contribution < -0.4 is 16.0 Å². The van der Waals surface area contributed by atoms with Crippen LogP contribution in [-0.4, -0.2) is 59.4 Å². The fraction of sp³-hybridized carbons (Fsp3) is 0.750. The van der Waals surface area contributed by atoms with Crippen molar-refractivity contribution < 1.29 is 24.3 Å². The fourth-order valence-electron chi connectivity index (χ4n) is 1.70. The molecule has 0 saturated carbocycles. The number of carbonyl (C=O) groups excluding carboxylic acids is 3. The van der Waals surface area contributed by atoms with Crippen molar-refractivity contribution >= 4 is 35.5 Å². The van der Waals surface area contributed by atoms with E-state index in [4.69, 9.17) is 5.11 Å². The van der Waals surface area contributed by atoms with E-state index in [1.165, 1.54) is 6.92 Å². The van der Waals surface area contributed by atoms with E-state index in [-0.39, 0.29) is 36.6 Å². The summed E-state index contributed by atoms with van der Waals surface area (Å²) in [5.41, 5.74) is 0.0877. The molecule has 0 saturated heterocycles. The molecule has 0 spiro atoms. The monoisotopic (exact) mass is 375 g/mol. The zero-order valence-corrected chi connectivity index (χ0v) is 16.1. The number of rotatable bonds is 11. The number of carbonyl (C=O) groups is 4. The minimum Gasteiger partial charge on any atom is -0.481 e. The Morgan fingerprint density at radius 1 is 1.04 bits per heavy atom. The van der Waals surface area contributed by atoms with Crippen molar-refractivity contribution in [3.05, 3.63) is 0 Å². The van der Waals surface area contributed by atoms with Crippen LogP contribution in [-0.2, 0) is 19.2 Å². The smallest absolute Gasteiger partial charge is 0.303 e. The SMILES string of the molecule is CC(=O)NCCNC(=O)[C@H](CSCC(C)(C)C)NC(=O)CCC(=O)O. The van der Waals surface area contributed by atoms with Gasteiger partial charge in [0.05, 0.1) is 6.42 Å². The third kappa shape index (κ3) is 14.3. The van der Waals surface area contributed by atoms with E-state index < -0.39 is 17.9 Å². The van der Waals surface area contributed by atoms with Gasteiger partial charge < -0.3 is 21.1 Å². The molecule has 0 aliphatic heterocycles. The third-order valence-electron chi connectivity index (χ3n) is 2.84. The summed E-state index contributed by atoms with van der Waals surface area (Å²) in [5, 5.41) is 16.4. The van der Waals surface area contributed by atoms with Gasteiger partial charge in [0.15, 0.2) is 0 Å². The predicted octanol–water partition coefficient (Wildman–Crippen LogP) is 0.368. The first kappa shape index (κ1) is 23.2. The fourth-order valence-corrected chi connectivity index (χ4v) is 2.90. The summed E-state index contributed by atoms with van der Waals surface area (Å²) >= 11 is 1.55. The molecule has 0 aliphatic carbocycles. The van der Waals surface area contributed by atoms with Crippen molar-refractivity contribution in [3.8, 4) is 0 Å². The zero-order valence-electron chi connectivity index (χ0n) is 15.3. The lowest BCUT2D eigenvalue weighted by Crippen LogP contribution is -2.49. The summed E-state index contributed by atoms with van der Waals surface area (Å²) in [5.74, 6) is -0.867. The maximum absolute atomic E-state index is 12.2. The predicted molar refractivity (Wildman–Crippen MR) is 97.3 cm³/mol. The Kier molecular flexibility index (Phi) is 10.9. The van der Waals surface area contributed by atoms with Crippen LogP contribution in [0.15, 0.2) is 0 Å². The Balaban J connectivity index is 4.53. The van der Waals surface area contributed by atoms with Crippen LogP contribution in [0.5, 0.6) is 0 Å². The van der Waals surface area contributed by atoms with Crippen LogP contribution in [0.25, 0.3) is 0 Å². The highest BCUT2D eigenvalue weighted by molar-refractivity contribution is 7.99. The lowest BCUT2D eigenvalue weighted by Gasteiger charge is -2.21. The molecule has 0 aromatic carbocycles.